The second kappa shape index (κ2) is 7.34. The van der Waals surface area contributed by atoms with E-state index in [4.69, 9.17) is 9.47 Å². The third-order valence-corrected chi connectivity index (χ3v) is 4.42. The van der Waals surface area contributed by atoms with Gasteiger partial charge in [0.15, 0.2) is 0 Å². The third kappa shape index (κ3) is 3.79. The molecular weight excluding hydrogens is 316 g/mol. The van der Waals surface area contributed by atoms with Gasteiger partial charge in [0.25, 0.3) is 0 Å². The summed E-state index contributed by atoms with van der Waals surface area (Å²) >= 11 is 0. The number of hydrogen-bond donors (Lipinski definition) is 0. The lowest BCUT2D eigenvalue weighted by Crippen LogP contribution is -2.32. The molecule has 0 fully saturated rings. The molecule has 4 heteroatoms. The van der Waals surface area contributed by atoms with E-state index < -0.39 is 17.9 Å². The highest BCUT2D eigenvalue weighted by atomic mass is 16.6. The van der Waals surface area contributed by atoms with Crippen molar-refractivity contribution in [3.05, 3.63) is 83.1 Å². The molecule has 0 spiro atoms. The Hall–Kier alpha value is -2.88. The first-order valence-corrected chi connectivity index (χ1v) is 8.21. The number of rotatable bonds is 4. The van der Waals surface area contributed by atoms with Gasteiger partial charge in [0.05, 0.1) is 13.0 Å². The minimum Gasteiger partial charge on any atom is -0.463 e. The molecule has 2 aromatic rings. The molecule has 2 aromatic carbocycles. The summed E-state index contributed by atoms with van der Waals surface area (Å²) in [5, 5.41) is 0. The Morgan fingerprint density at radius 1 is 1.08 bits per heavy atom. The van der Waals surface area contributed by atoms with Crippen molar-refractivity contribution in [2.24, 2.45) is 5.92 Å². The van der Waals surface area contributed by atoms with Gasteiger partial charge in [0, 0.05) is 5.92 Å². The summed E-state index contributed by atoms with van der Waals surface area (Å²) in [7, 11) is 1.27. The van der Waals surface area contributed by atoms with Crippen LogP contribution in [0, 0.1) is 12.8 Å². The van der Waals surface area contributed by atoms with Gasteiger partial charge >= 0.3 is 11.9 Å². The second-order valence-corrected chi connectivity index (χ2v) is 6.18. The van der Waals surface area contributed by atoms with Crippen LogP contribution in [0.5, 0.6) is 0 Å². The predicted octanol–water partition coefficient (Wildman–Crippen LogP) is 3.55. The molecule has 0 saturated heterocycles. The number of hydrogen-bond acceptors (Lipinski definition) is 4. The summed E-state index contributed by atoms with van der Waals surface area (Å²) < 4.78 is 9.96. The lowest BCUT2D eigenvalue weighted by atomic mass is 9.80. The van der Waals surface area contributed by atoms with Gasteiger partial charge in [-0.2, -0.15) is 0 Å². The molecule has 2 atom stereocenters. The van der Waals surface area contributed by atoms with Gasteiger partial charge in [-0.15, -0.1) is 0 Å². The molecule has 3 rings (SSSR count). The number of allylic oxidation sites excluding steroid dienone is 1. The molecular formula is C21H20O4. The Balaban J connectivity index is 1.99. The number of carbonyl (C=O) groups excluding carboxylic acids is 2. The summed E-state index contributed by atoms with van der Waals surface area (Å²) in [6.07, 6.45) is 2.24. The van der Waals surface area contributed by atoms with E-state index >= 15 is 0 Å². The van der Waals surface area contributed by atoms with E-state index in [9.17, 15) is 9.59 Å². The molecule has 0 radical (unpaired) electrons. The number of ether oxygens (including phenoxy) is 2. The van der Waals surface area contributed by atoms with Crippen molar-refractivity contribution in [2.45, 2.75) is 19.3 Å². The molecule has 0 aliphatic carbocycles. The van der Waals surface area contributed by atoms with Crippen LogP contribution in [-0.2, 0) is 25.5 Å². The van der Waals surface area contributed by atoms with Gasteiger partial charge < -0.3 is 9.47 Å². The first kappa shape index (κ1) is 17.0. The van der Waals surface area contributed by atoms with E-state index in [-0.39, 0.29) is 11.7 Å². The molecule has 0 saturated carbocycles. The lowest BCUT2D eigenvalue weighted by molar-refractivity contribution is -0.154. The maximum atomic E-state index is 12.6. The Bertz CT molecular complexity index is 790. The van der Waals surface area contributed by atoms with E-state index in [1.165, 1.54) is 7.11 Å². The molecule has 0 amide bonds. The predicted molar refractivity (Wildman–Crippen MR) is 93.7 cm³/mol. The Morgan fingerprint density at radius 3 is 2.40 bits per heavy atom. The number of carbonyl (C=O) groups is 2. The van der Waals surface area contributed by atoms with Crippen LogP contribution in [0.2, 0.25) is 0 Å². The summed E-state index contributed by atoms with van der Waals surface area (Å²) in [4.78, 5) is 24.4. The van der Waals surface area contributed by atoms with Crippen molar-refractivity contribution in [1.29, 1.82) is 0 Å². The standard InChI is InChI=1S/C21H20O4/c1-14-8-10-16(11-9-14)17-13-19(21(23)24-2)25-20(22)18(17)12-15-6-4-3-5-7-15/h3-11,13,17-18H,12H2,1-2H3/t17-,18+/m1/s1. The van der Waals surface area contributed by atoms with Crippen molar-refractivity contribution < 1.29 is 19.1 Å². The fraction of sp³-hybridized carbons (Fsp3) is 0.238. The van der Waals surface area contributed by atoms with Crippen LogP contribution in [0.25, 0.3) is 0 Å². The van der Waals surface area contributed by atoms with E-state index in [2.05, 4.69) is 0 Å². The van der Waals surface area contributed by atoms with Gasteiger partial charge in [-0.1, -0.05) is 60.2 Å². The third-order valence-electron chi connectivity index (χ3n) is 4.42. The minimum absolute atomic E-state index is 0.0395. The van der Waals surface area contributed by atoms with Crippen LogP contribution in [-0.4, -0.2) is 19.0 Å². The highest BCUT2D eigenvalue weighted by Gasteiger charge is 2.37. The fourth-order valence-corrected chi connectivity index (χ4v) is 3.05. The quantitative estimate of drug-likeness (QED) is 0.801. The van der Waals surface area contributed by atoms with Gasteiger partial charge in [0.2, 0.25) is 5.76 Å². The molecule has 0 aromatic heterocycles. The van der Waals surface area contributed by atoms with Crippen LogP contribution < -0.4 is 0 Å². The first-order valence-electron chi connectivity index (χ1n) is 8.21. The Kier molecular flexibility index (Phi) is 4.98. The normalized spacial score (nSPS) is 19.8. The topological polar surface area (TPSA) is 52.6 Å². The van der Waals surface area contributed by atoms with Crippen molar-refractivity contribution in [2.75, 3.05) is 7.11 Å². The number of esters is 2. The Morgan fingerprint density at radius 2 is 1.76 bits per heavy atom. The largest absolute Gasteiger partial charge is 0.463 e. The molecule has 1 heterocycles. The van der Waals surface area contributed by atoms with Gasteiger partial charge in [-0.25, -0.2) is 4.79 Å². The second-order valence-electron chi connectivity index (χ2n) is 6.18. The SMILES string of the molecule is COC(=O)C1=C[C@H](c2ccc(C)cc2)[C@H](Cc2ccccc2)C(=O)O1. The summed E-state index contributed by atoms with van der Waals surface area (Å²) in [6, 6.07) is 17.8. The maximum absolute atomic E-state index is 12.6. The zero-order valence-corrected chi connectivity index (χ0v) is 14.3. The zero-order chi connectivity index (χ0) is 17.8. The van der Waals surface area contributed by atoms with E-state index in [1.807, 2.05) is 61.5 Å². The summed E-state index contributed by atoms with van der Waals surface area (Å²) in [6.45, 7) is 2.01. The summed E-state index contributed by atoms with van der Waals surface area (Å²) in [5.74, 6) is -1.71. The number of methoxy groups -OCH3 is 1. The van der Waals surface area contributed by atoms with Crippen LogP contribution in [0.1, 0.15) is 22.6 Å². The Labute approximate surface area is 147 Å². The molecule has 1 aliphatic heterocycles. The van der Waals surface area contributed by atoms with Crippen LogP contribution in [0.15, 0.2) is 66.4 Å². The van der Waals surface area contributed by atoms with Crippen molar-refractivity contribution in [1.82, 2.24) is 0 Å². The highest BCUT2D eigenvalue weighted by molar-refractivity contribution is 5.92. The molecule has 0 N–H and O–H groups in total. The highest BCUT2D eigenvalue weighted by Crippen LogP contribution is 2.35. The number of aryl methyl sites for hydroxylation is 1. The molecule has 25 heavy (non-hydrogen) atoms. The molecule has 0 bridgehead atoms. The number of cyclic esters (lactones) is 1. The van der Waals surface area contributed by atoms with E-state index in [0.717, 1.165) is 16.7 Å². The number of benzene rings is 2. The van der Waals surface area contributed by atoms with E-state index in [1.54, 1.807) is 6.08 Å². The molecule has 4 nitrogen and oxygen atoms in total. The molecule has 128 valence electrons. The van der Waals surface area contributed by atoms with Crippen LogP contribution >= 0.6 is 0 Å². The van der Waals surface area contributed by atoms with Crippen LogP contribution in [0.3, 0.4) is 0 Å². The van der Waals surface area contributed by atoms with Crippen LogP contribution in [0.4, 0.5) is 0 Å². The van der Waals surface area contributed by atoms with Crippen molar-refractivity contribution >= 4 is 11.9 Å². The molecule has 0 unspecified atom stereocenters. The van der Waals surface area contributed by atoms with E-state index in [0.29, 0.717) is 6.42 Å². The monoisotopic (exact) mass is 336 g/mol. The van der Waals surface area contributed by atoms with Crippen molar-refractivity contribution in [3.8, 4) is 0 Å². The lowest BCUT2D eigenvalue weighted by Gasteiger charge is -2.28. The fourth-order valence-electron chi connectivity index (χ4n) is 3.05. The van der Waals surface area contributed by atoms with Gasteiger partial charge in [-0.3, -0.25) is 4.79 Å². The van der Waals surface area contributed by atoms with Gasteiger partial charge in [-0.05, 0) is 30.5 Å². The zero-order valence-electron chi connectivity index (χ0n) is 14.3. The smallest absolute Gasteiger partial charge is 0.373 e. The summed E-state index contributed by atoms with van der Waals surface area (Å²) in [5.41, 5.74) is 3.17. The average molecular weight is 336 g/mol. The molecule has 1 aliphatic rings. The first-order chi connectivity index (χ1) is 12.1. The minimum atomic E-state index is -0.636. The van der Waals surface area contributed by atoms with Gasteiger partial charge in [0.1, 0.15) is 0 Å². The average Bonchev–Trinajstić information content (AvgIpc) is 2.64. The van der Waals surface area contributed by atoms with Crippen molar-refractivity contribution in [3.63, 3.8) is 0 Å². The maximum Gasteiger partial charge on any atom is 0.373 e.